The molecule has 0 N–H and O–H groups in total. The fourth-order valence-electron chi connectivity index (χ4n) is 3.03. The van der Waals surface area contributed by atoms with Gasteiger partial charge in [0.2, 0.25) is 0 Å². The number of rotatable bonds is 10. The maximum atomic E-state index is 13.6. The van der Waals surface area contributed by atoms with Gasteiger partial charge in [-0.3, -0.25) is 4.79 Å². The van der Waals surface area contributed by atoms with Crippen LogP contribution in [0.15, 0.2) is 104 Å². The second-order valence-corrected chi connectivity index (χ2v) is 6.96. The normalized spacial score (nSPS) is 11.3. The molecule has 3 aromatic carbocycles. The maximum absolute atomic E-state index is 13.6. The predicted octanol–water partition coefficient (Wildman–Crippen LogP) is 6.64. The summed E-state index contributed by atoms with van der Waals surface area (Å²) in [4.78, 5) is 21.1. The van der Waals surface area contributed by atoms with E-state index >= 15 is 0 Å². The Balaban J connectivity index is 1.74. The average Bonchev–Trinajstić information content (AvgIpc) is 2.89. The van der Waals surface area contributed by atoms with Crippen molar-refractivity contribution < 1.29 is 41.7 Å². The molecule has 9 heteroatoms. The van der Waals surface area contributed by atoms with E-state index in [1.165, 1.54) is 18.4 Å². The summed E-state index contributed by atoms with van der Waals surface area (Å²) in [6.45, 7) is 3.39. The van der Waals surface area contributed by atoms with Gasteiger partial charge in [-0.25, -0.2) is 4.79 Å². The van der Waals surface area contributed by atoms with E-state index in [4.69, 9.17) is 9.47 Å². The van der Waals surface area contributed by atoms with E-state index < -0.39 is 23.5 Å². The van der Waals surface area contributed by atoms with Gasteiger partial charge in [-0.15, -0.1) is 0 Å². The van der Waals surface area contributed by atoms with Crippen molar-refractivity contribution in [2.75, 3.05) is 0 Å². The van der Waals surface area contributed by atoms with Gasteiger partial charge < -0.3 is 18.9 Å². The number of esters is 1. The molecule has 0 unspecified atom stereocenters. The predicted molar refractivity (Wildman–Crippen MR) is 125 cm³/mol. The first-order chi connectivity index (χ1) is 17.3. The molecule has 0 aliphatic rings. The number of hydrogen-bond acceptors (Lipinski definition) is 6. The number of ether oxygens (including phenoxy) is 4. The second kappa shape index (κ2) is 12.1. The van der Waals surface area contributed by atoms with E-state index in [0.29, 0.717) is 16.9 Å². The molecule has 0 bridgehead atoms. The molecule has 0 radical (unpaired) electrons. The van der Waals surface area contributed by atoms with Crippen LogP contribution in [0.3, 0.4) is 0 Å². The van der Waals surface area contributed by atoms with Crippen LogP contribution in [0.2, 0.25) is 0 Å². The molecule has 0 saturated carbocycles. The fourth-order valence-corrected chi connectivity index (χ4v) is 3.03. The lowest BCUT2D eigenvalue weighted by Crippen LogP contribution is -2.07. The molecule has 184 valence electrons. The van der Waals surface area contributed by atoms with E-state index in [0.717, 1.165) is 42.1 Å². The monoisotopic (exact) mass is 496 g/mol. The maximum Gasteiger partial charge on any atom is 0.420 e. The minimum Gasteiger partial charge on any atom is -0.462 e. The first-order valence-corrected chi connectivity index (χ1v) is 10.3. The van der Waals surface area contributed by atoms with E-state index in [-0.39, 0.29) is 6.47 Å². The third-order valence-corrected chi connectivity index (χ3v) is 4.69. The van der Waals surface area contributed by atoms with Gasteiger partial charge in [-0.2, -0.15) is 13.2 Å². The third-order valence-electron chi connectivity index (χ3n) is 4.69. The highest BCUT2D eigenvalue weighted by Crippen LogP contribution is 2.39. The molecule has 0 heterocycles. The molecule has 0 amide bonds. The lowest BCUT2D eigenvalue weighted by Gasteiger charge is -2.14. The van der Waals surface area contributed by atoms with Crippen LogP contribution < -0.4 is 9.47 Å². The van der Waals surface area contributed by atoms with Crippen molar-refractivity contribution >= 4 is 12.4 Å². The van der Waals surface area contributed by atoms with Gasteiger partial charge in [0, 0.05) is 6.08 Å². The van der Waals surface area contributed by atoms with Crippen LogP contribution in [0.25, 0.3) is 22.3 Å². The number of alkyl halides is 3. The zero-order chi connectivity index (χ0) is 26.0. The van der Waals surface area contributed by atoms with Crippen LogP contribution in [-0.4, -0.2) is 12.4 Å². The molecule has 0 saturated heterocycles. The van der Waals surface area contributed by atoms with Gasteiger partial charge in [-0.1, -0.05) is 49.0 Å². The fraction of sp³-hybridized carbons (Fsp3) is 0.0370. The SMILES string of the molecule is C=CC(=O)O/C=C\Oc1ccc(-c2ccc(-c3ccc(O/C=C\OC=O)c(C(F)(F)F)c3)cc2)cc1. The Morgan fingerprint density at radius 3 is 1.89 bits per heavy atom. The number of hydrogen-bond donors (Lipinski definition) is 0. The van der Waals surface area contributed by atoms with Gasteiger partial charge in [-0.05, 0) is 46.5 Å². The molecule has 6 nitrogen and oxygen atoms in total. The molecule has 3 aromatic rings. The van der Waals surface area contributed by atoms with Crippen LogP contribution in [0, 0.1) is 0 Å². The standard InChI is InChI=1S/C27H19F3O6/c1-2-26(32)36-16-15-34-23-10-7-20(8-11-23)19-3-5-21(6-4-19)22-9-12-25(35-14-13-33-18-31)24(17-22)27(28,29)30/h2-18H,1H2/b14-13-,16-15-. The third kappa shape index (κ3) is 7.10. The lowest BCUT2D eigenvalue weighted by molar-refractivity contribution is -0.138. The average molecular weight is 496 g/mol. The number of carbonyl (C=O) groups excluding carboxylic acids is 2. The van der Waals surface area contributed by atoms with Crippen molar-refractivity contribution in [3.05, 3.63) is 110 Å². The summed E-state index contributed by atoms with van der Waals surface area (Å²) >= 11 is 0. The first-order valence-electron chi connectivity index (χ1n) is 10.3. The molecule has 3 rings (SSSR count). The van der Waals surface area contributed by atoms with Crippen molar-refractivity contribution in [3.63, 3.8) is 0 Å². The quantitative estimate of drug-likeness (QED) is 0.136. The van der Waals surface area contributed by atoms with E-state index in [2.05, 4.69) is 16.1 Å². The smallest absolute Gasteiger partial charge is 0.420 e. The first kappa shape index (κ1) is 25.8. The molecule has 36 heavy (non-hydrogen) atoms. The van der Waals surface area contributed by atoms with Crippen LogP contribution >= 0.6 is 0 Å². The summed E-state index contributed by atoms with van der Waals surface area (Å²) in [6, 6.07) is 17.7. The number of halogens is 3. The Hall–Kier alpha value is -4.79. The molecular weight excluding hydrogens is 477 g/mol. The Morgan fingerprint density at radius 2 is 1.31 bits per heavy atom. The summed E-state index contributed by atoms with van der Waals surface area (Å²) in [5, 5.41) is 0. The van der Waals surface area contributed by atoms with Gasteiger partial charge in [0.15, 0.2) is 0 Å². The van der Waals surface area contributed by atoms with Crippen molar-refractivity contribution in [1.82, 2.24) is 0 Å². The van der Waals surface area contributed by atoms with Crippen molar-refractivity contribution in [2.45, 2.75) is 6.18 Å². The number of benzene rings is 3. The minimum absolute atomic E-state index is 0.114. The molecule has 0 atom stereocenters. The Bertz CT molecular complexity index is 1260. The van der Waals surface area contributed by atoms with Gasteiger partial charge >= 0.3 is 12.1 Å². The highest BCUT2D eigenvalue weighted by atomic mass is 19.4. The van der Waals surface area contributed by atoms with Crippen molar-refractivity contribution in [1.29, 1.82) is 0 Å². The summed E-state index contributed by atoms with van der Waals surface area (Å²) in [7, 11) is 0. The summed E-state index contributed by atoms with van der Waals surface area (Å²) in [6.07, 6.45) is 0.353. The molecule has 0 fully saturated rings. The minimum atomic E-state index is -4.66. The summed E-state index contributed by atoms with van der Waals surface area (Å²) < 4.78 is 59.9. The number of carbonyl (C=O) groups is 2. The Labute approximate surface area is 204 Å². The van der Waals surface area contributed by atoms with E-state index in [1.807, 2.05) is 12.1 Å². The molecule has 0 aliphatic carbocycles. The molecule has 0 spiro atoms. The van der Waals surface area contributed by atoms with Crippen LogP contribution in [0.5, 0.6) is 11.5 Å². The van der Waals surface area contributed by atoms with Crippen molar-refractivity contribution in [2.24, 2.45) is 0 Å². The zero-order valence-corrected chi connectivity index (χ0v) is 18.6. The molecular formula is C27H19F3O6. The summed E-state index contributed by atoms with van der Waals surface area (Å²) in [5.41, 5.74) is 1.66. The highest BCUT2D eigenvalue weighted by molar-refractivity contribution is 5.81. The van der Waals surface area contributed by atoms with Crippen molar-refractivity contribution in [3.8, 4) is 33.8 Å². The van der Waals surface area contributed by atoms with Crippen LogP contribution in [-0.2, 0) is 25.2 Å². The molecule has 0 aliphatic heterocycles. The largest absolute Gasteiger partial charge is 0.462 e. The van der Waals surface area contributed by atoms with Crippen LogP contribution in [0.1, 0.15) is 5.56 Å². The summed E-state index contributed by atoms with van der Waals surface area (Å²) in [5.74, 6) is -0.522. The Kier molecular flexibility index (Phi) is 8.66. The second-order valence-electron chi connectivity index (χ2n) is 6.96. The zero-order valence-electron chi connectivity index (χ0n) is 18.6. The van der Waals surface area contributed by atoms with E-state index in [1.54, 1.807) is 36.4 Å². The van der Waals surface area contributed by atoms with Gasteiger partial charge in [0.1, 0.15) is 36.5 Å². The van der Waals surface area contributed by atoms with Gasteiger partial charge in [0.25, 0.3) is 6.47 Å². The van der Waals surface area contributed by atoms with Crippen LogP contribution in [0.4, 0.5) is 13.2 Å². The Morgan fingerprint density at radius 1 is 0.750 bits per heavy atom. The van der Waals surface area contributed by atoms with Gasteiger partial charge in [0.05, 0.1) is 5.56 Å². The molecule has 0 aromatic heterocycles. The highest BCUT2D eigenvalue weighted by Gasteiger charge is 2.34. The van der Waals surface area contributed by atoms with E-state index in [9.17, 15) is 22.8 Å². The topological polar surface area (TPSA) is 71.1 Å². The lowest BCUT2D eigenvalue weighted by atomic mass is 9.98.